The summed E-state index contributed by atoms with van der Waals surface area (Å²) in [6, 6.07) is 1.23. The van der Waals surface area contributed by atoms with Crippen LogP contribution in [-0.4, -0.2) is 50.8 Å². The molecule has 0 aromatic heterocycles. The van der Waals surface area contributed by atoms with Crippen LogP contribution in [0, 0.1) is 0 Å². The van der Waals surface area contributed by atoms with Gasteiger partial charge in [0, 0.05) is 25.7 Å². The Balaban J connectivity index is 2.32. The van der Waals surface area contributed by atoms with E-state index in [1.165, 1.54) is 25.9 Å². The molecule has 0 bridgehead atoms. The molecule has 1 rings (SSSR count). The van der Waals surface area contributed by atoms with Gasteiger partial charge in [-0.05, 0) is 33.4 Å². The highest BCUT2D eigenvalue weighted by atomic mass is 16.5. The molecule has 2 atom stereocenters. The molecule has 1 N–H and O–H groups in total. The van der Waals surface area contributed by atoms with Crippen molar-refractivity contribution in [1.29, 1.82) is 0 Å². The lowest BCUT2D eigenvalue weighted by Gasteiger charge is -2.36. The van der Waals surface area contributed by atoms with E-state index in [4.69, 9.17) is 4.74 Å². The number of likely N-dealkylation sites (tertiary alicyclic amines) is 1. The fraction of sp³-hybridized carbons (Fsp3) is 1.00. The third kappa shape index (κ3) is 3.25. The molecule has 1 aliphatic rings. The van der Waals surface area contributed by atoms with Gasteiger partial charge in [0.25, 0.3) is 0 Å². The lowest BCUT2D eigenvalue weighted by atomic mass is 10.0. The minimum Gasteiger partial charge on any atom is -0.383 e. The van der Waals surface area contributed by atoms with Gasteiger partial charge in [-0.1, -0.05) is 0 Å². The Kier molecular flexibility index (Phi) is 4.70. The lowest BCUT2D eigenvalue weighted by molar-refractivity contribution is 0.0767. The smallest absolute Gasteiger partial charge is 0.0615 e. The van der Waals surface area contributed by atoms with Crippen molar-refractivity contribution in [3.05, 3.63) is 0 Å². The molecule has 1 fully saturated rings. The van der Waals surface area contributed by atoms with E-state index in [1.807, 2.05) is 0 Å². The zero-order valence-electron chi connectivity index (χ0n) is 9.05. The summed E-state index contributed by atoms with van der Waals surface area (Å²) < 4.78 is 5.16. The molecule has 3 heteroatoms. The second kappa shape index (κ2) is 5.58. The Morgan fingerprint density at radius 2 is 2.38 bits per heavy atom. The standard InChI is InChI=1S/C10H22N2O/c1-9(8-13-3)12-6-4-5-10(7-12)11-2/h9-11H,4-8H2,1-3H3. The molecule has 0 saturated carbocycles. The number of hydrogen-bond donors (Lipinski definition) is 1. The molecular formula is C10H22N2O. The topological polar surface area (TPSA) is 24.5 Å². The molecule has 13 heavy (non-hydrogen) atoms. The van der Waals surface area contributed by atoms with E-state index in [9.17, 15) is 0 Å². The number of nitrogens with zero attached hydrogens (tertiary/aromatic N) is 1. The van der Waals surface area contributed by atoms with Gasteiger partial charge < -0.3 is 10.1 Å². The molecule has 2 unspecified atom stereocenters. The normalized spacial score (nSPS) is 27.5. The van der Waals surface area contributed by atoms with Crippen LogP contribution >= 0.6 is 0 Å². The first-order valence-corrected chi connectivity index (χ1v) is 5.18. The van der Waals surface area contributed by atoms with Gasteiger partial charge in [0.05, 0.1) is 6.61 Å². The quantitative estimate of drug-likeness (QED) is 0.699. The maximum atomic E-state index is 5.16. The van der Waals surface area contributed by atoms with Crippen LogP contribution in [0.15, 0.2) is 0 Å². The van der Waals surface area contributed by atoms with Gasteiger partial charge in [0.2, 0.25) is 0 Å². The first kappa shape index (κ1) is 11.0. The zero-order chi connectivity index (χ0) is 9.68. The molecule has 1 heterocycles. The highest BCUT2D eigenvalue weighted by Gasteiger charge is 2.21. The maximum Gasteiger partial charge on any atom is 0.0615 e. The van der Waals surface area contributed by atoms with E-state index >= 15 is 0 Å². The van der Waals surface area contributed by atoms with Gasteiger partial charge in [0.15, 0.2) is 0 Å². The van der Waals surface area contributed by atoms with Crippen molar-refractivity contribution in [3.8, 4) is 0 Å². The number of methoxy groups -OCH3 is 1. The summed E-state index contributed by atoms with van der Waals surface area (Å²) >= 11 is 0. The van der Waals surface area contributed by atoms with Gasteiger partial charge in [-0.15, -0.1) is 0 Å². The Hall–Kier alpha value is -0.120. The summed E-state index contributed by atoms with van der Waals surface area (Å²) in [5.74, 6) is 0. The Bertz CT molecular complexity index is 141. The fourth-order valence-corrected chi connectivity index (χ4v) is 1.99. The van der Waals surface area contributed by atoms with Crippen LogP contribution in [0.5, 0.6) is 0 Å². The van der Waals surface area contributed by atoms with Crippen LogP contribution in [0.25, 0.3) is 0 Å². The largest absolute Gasteiger partial charge is 0.383 e. The average molecular weight is 186 g/mol. The molecule has 0 radical (unpaired) electrons. The van der Waals surface area contributed by atoms with Crippen molar-refractivity contribution in [1.82, 2.24) is 10.2 Å². The molecular weight excluding hydrogens is 164 g/mol. The molecule has 1 saturated heterocycles. The highest BCUT2D eigenvalue weighted by Crippen LogP contribution is 2.12. The number of rotatable bonds is 4. The monoisotopic (exact) mass is 186 g/mol. The predicted molar refractivity (Wildman–Crippen MR) is 55.0 cm³/mol. The Morgan fingerprint density at radius 3 is 3.00 bits per heavy atom. The van der Waals surface area contributed by atoms with Gasteiger partial charge in [-0.2, -0.15) is 0 Å². The summed E-state index contributed by atoms with van der Waals surface area (Å²) in [4.78, 5) is 2.51. The molecule has 0 aromatic rings. The van der Waals surface area contributed by atoms with Crippen LogP contribution < -0.4 is 5.32 Å². The third-order valence-corrected chi connectivity index (χ3v) is 2.89. The van der Waals surface area contributed by atoms with E-state index in [2.05, 4.69) is 24.2 Å². The van der Waals surface area contributed by atoms with E-state index in [0.29, 0.717) is 12.1 Å². The van der Waals surface area contributed by atoms with Crippen LogP contribution in [0.1, 0.15) is 19.8 Å². The number of ether oxygens (including phenoxy) is 1. The Morgan fingerprint density at radius 1 is 1.62 bits per heavy atom. The molecule has 1 aliphatic heterocycles. The minimum absolute atomic E-state index is 0.557. The zero-order valence-corrected chi connectivity index (χ0v) is 9.05. The van der Waals surface area contributed by atoms with Gasteiger partial charge >= 0.3 is 0 Å². The van der Waals surface area contributed by atoms with E-state index in [0.717, 1.165) is 6.61 Å². The maximum absolute atomic E-state index is 5.16. The first-order valence-electron chi connectivity index (χ1n) is 5.18. The fourth-order valence-electron chi connectivity index (χ4n) is 1.99. The second-order valence-corrected chi connectivity index (χ2v) is 3.93. The van der Waals surface area contributed by atoms with Crippen molar-refractivity contribution in [2.45, 2.75) is 31.8 Å². The summed E-state index contributed by atoms with van der Waals surface area (Å²) in [6.07, 6.45) is 2.62. The minimum atomic E-state index is 0.557. The van der Waals surface area contributed by atoms with E-state index in [-0.39, 0.29) is 0 Å². The first-order chi connectivity index (χ1) is 6.27. The number of piperidine rings is 1. The molecule has 78 valence electrons. The lowest BCUT2D eigenvalue weighted by Crippen LogP contribution is -2.49. The second-order valence-electron chi connectivity index (χ2n) is 3.93. The molecule has 0 amide bonds. The van der Waals surface area contributed by atoms with Crippen LogP contribution in [0.4, 0.5) is 0 Å². The van der Waals surface area contributed by atoms with Gasteiger partial charge in [-0.25, -0.2) is 0 Å². The van der Waals surface area contributed by atoms with Crippen LogP contribution in [-0.2, 0) is 4.74 Å². The predicted octanol–water partition coefficient (Wildman–Crippen LogP) is 0.705. The van der Waals surface area contributed by atoms with Crippen molar-refractivity contribution in [2.75, 3.05) is 33.9 Å². The van der Waals surface area contributed by atoms with Crippen molar-refractivity contribution in [3.63, 3.8) is 0 Å². The molecule has 0 aromatic carbocycles. The van der Waals surface area contributed by atoms with Crippen LogP contribution in [0.3, 0.4) is 0 Å². The average Bonchev–Trinajstić information content (AvgIpc) is 2.18. The molecule has 3 nitrogen and oxygen atoms in total. The van der Waals surface area contributed by atoms with Crippen molar-refractivity contribution >= 4 is 0 Å². The summed E-state index contributed by atoms with van der Waals surface area (Å²) in [6.45, 7) is 5.47. The SMILES string of the molecule is CNC1CCCN(C(C)COC)C1. The van der Waals surface area contributed by atoms with Crippen molar-refractivity contribution in [2.24, 2.45) is 0 Å². The van der Waals surface area contributed by atoms with Crippen molar-refractivity contribution < 1.29 is 4.74 Å². The van der Waals surface area contributed by atoms with E-state index in [1.54, 1.807) is 7.11 Å². The Labute approximate surface area is 81.4 Å². The van der Waals surface area contributed by atoms with E-state index < -0.39 is 0 Å². The van der Waals surface area contributed by atoms with Gasteiger partial charge in [0.1, 0.15) is 0 Å². The number of hydrogen-bond acceptors (Lipinski definition) is 3. The third-order valence-electron chi connectivity index (χ3n) is 2.89. The highest BCUT2D eigenvalue weighted by molar-refractivity contribution is 4.79. The molecule has 0 spiro atoms. The summed E-state index contributed by atoms with van der Waals surface area (Å²) in [7, 11) is 3.82. The summed E-state index contributed by atoms with van der Waals surface area (Å²) in [5.41, 5.74) is 0. The van der Waals surface area contributed by atoms with Gasteiger partial charge in [-0.3, -0.25) is 4.90 Å². The number of nitrogens with one attached hydrogen (secondary N) is 1. The molecule has 0 aliphatic carbocycles. The van der Waals surface area contributed by atoms with Crippen LogP contribution in [0.2, 0.25) is 0 Å². The summed E-state index contributed by atoms with van der Waals surface area (Å²) in [5, 5.41) is 3.35. The number of likely N-dealkylation sites (N-methyl/N-ethyl adjacent to an activating group) is 1.